The molecule has 17 heavy (non-hydrogen) atoms. The highest BCUT2D eigenvalue weighted by molar-refractivity contribution is 7.16. The summed E-state index contributed by atoms with van der Waals surface area (Å²) in [5.74, 6) is 0. The largest absolute Gasteiger partial charge is 0.383 e. The molecule has 1 aromatic heterocycles. The van der Waals surface area contributed by atoms with Crippen molar-refractivity contribution in [2.24, 2.45) is 5.73 Å². The molecule has 0 radical (unpaired) electrons. The molecule has 0 aliphatic carbocycles. The summed E-state index contributed by atoms with van der Waals surface area (Å²) in [6.07, 6.45) is 0. The van der Waals surface area contributed by atoms with Gasteiger partial charge in [-0.15, -0.1) is 11.3 Å². The smallest absolute Gasteiger partial charge is 0.0931 e. The van der Waals surface area contributed by atoms with Crippen LogP contribution in [-0.2, 0) is 4.74 Å². The highest BCUT2D eigenvalue weighted by atomic mass is 35.5. The van der Waals surface area contributed by atoms with E-state index in [2.05, 4.69) is 24.8 Å². The van der Waals surface area contributed by atoms with Crippen molar-refractivity contribution in [1.82, 2.24) is 4.90 Å². The Balaban J connectivity index is 2.81. The maximum Gasteiger partial charge on any atom is 0.0931 e. The zero-order chi connectivity index (χ0) is 12.8. The van der Waals surface area contributed by atoms with E-state index in [1.807, 2.05) is 6.07 Å². The highest BCUT2D eigenvalue weighted by Gasteiger charge is 2.22. The van der Waals surface area contributed by atoms with Crippen molar-refractivity contribution in [3.63, 3.8) is 0 Å². The fraction of sp³-hybridized carbons (Fsp3) is 0.667. The third kappa shape index (κ3) is 4.23. The lowest BCUT2D eigenvalue weighted by Gasteiger charge is -2.33. The number of nitrogens with zero attached hydrogens (tertiary/aromatic N) is 1. The molecule has 0 aliphatic heterocycles. The molecule has 0 bridgehead atoms. The molecule has 5 heteroatoms. The van der Waals surface area contributed by atoms with Crippen LogP contribution in [0.5, 0.6) is 0 Å². The lowest BCUT2D eigenvalue weighted by atomic mass is 10.1. The van der Waals surface area contributed by atoms with Crippen LogP contribution in [0.15, 0.2) is 12.1 Å². The minimum atomic E-state index is 0.225. The molecule has 3 nitrogen and oxygen atoms in total. The molecule has 1 atom stereocenters. The first-order valence-electron chi connectivity index (χ1n) is 5.80. The molecular formula is C12H21ClN2OS. The second kappa shape index (κ2) is 7.34. The Morgan fingerprint density at radius 1 is 1.47 bits per heavy atom. The molecule has 1 unspecified atom stereocenters. The third-order valence-electron chi connectivity index (χ3n) is 2.76. The number of hydrogen-bond acceptors (Lipinski definition) is 4. The molecule has 1 rings (SSSR count). The first-order valence-corrected chi connectivity index (χ1v) is 6.99. The van der Waals surface area contributed by atoms with Crippen molar-refractivity contribution >= 4 is 22.9 Å². The summed E-state index contributed by atoms with van der Waals surface area (Å²) in [6, 6.07) is 4.65. The van der Waals surface area contributed by atoms with E-state index in [1.54, 1.807) is 18.4 Å². The number of hydrogen-bond donors (Lipinski definition) is 1. The average molecular weight is 277 g/mol. The van der Waals surface area contributed by atoms with Crippen LogP contribution in [0.25, 0.3) is 0 Å². The number of halogens is 1. The Morgan fingerprint density at radius 2 is 2.18 bits per heavy atom. The molecule has 1 aromatic rings. The van der Waals surface area contributed by atoms with Crippen molar-refractivity contribution in [1.29, 1.82) is 0 Å². The van der Waals surface area contributed by atoms with Crippen LogP contribution >= 0.6 is 22.9 Å². The van der Waals surface area contributed by atoms with E-state index in [9.17, 15) is 0 Å². The summed E-state index contributed by atoms with van der Waals surface area (Å²) in [6.45, 7) is 6.54. The first kappa shape index (κ1) is 14.9. The van der Waals surface area contributed by atoms with Crippen LogP contribution in [0.3, 0.4) is 0 Å². The van der Waals surface area contributed by atoms with Crippen LogP contribution in [-0.4, -0.2) is 37.7 Å². The summed E-state index contributed by atoms with van der Waals surface area (Å²) in [4.78, 5) is 3.58. The van der Waals surface area contributed by atoms with Gasteiger partial charge in [-0.25, -0.2) is 0 Å². The molecule has 0 aliphatic rings. The van der Waals surface area contributed by atoms with E-state index in [1.165, 1.54) is 4.88 Å². The van der Waals surface area contributed by atoms with Gasteiger partial charge in [0.05, 0.1) is 17.0 Å². The summed E-state index contributed by atoms with van der Waals surface area (Å²) in [5, 5.41) is 0. The predicted octanol–water partition coefficient (Wildman–Crippen LogP) is 2.76. The van der Waals surface area contributed by atoms with Crippen LogP contribution in [0.2, 0.25) is 4.34 Å². The van der Waals surface area contributed by atoms with Gasteiger partial charge in [-0.2, -0.15) is 0 Å². The molecule has 0 aromatic carbocycles. The zero-order valence-corrected chi connectivity index (χ0v) is 12.2. The Bertz CT molecular complexity index is 330. The monoisotopic (exact) mass is 276 g/mol. The van der Waals surface area contributed by atoms with E-state index in [0.29, 0.717) is 19.2 Å². The van der Waals surface area contributed by atoms with Crippen molar-refractivity contribution in [2.45, 2.75) is 25.9 Å². The first-order chi connectivity index (χ1) is 8.10. The van der Waals surface area contributed by atoms with E-state index in [0.717, 1.165) is 10.9 Å². The summed E-state index contributed by atoms with van der Waals surface area (Å²) < 4.78 is 5.97. The second-order valence-corrected chi connectivity index (χ2v) is 5.96. The Labute approximate surface area is 113 Å². The number of methoxy groups -OCH3 is 1. The Hall–Kier alpha value is -0.130. The van der Waals surface area contributed by atoms with Gasteiger partial charge in [0.15, 0.2) is 0 Å². The van der Waals surface area contributed by atoms with E-state index >= 15 is 0 Å². The molecule has 0 spiro atoms. The topological polar surface area (TPSA) is 38.5 Å². The summed E-state index contributed by atoms with van der Waals surface area (Å²) in [7, 11) is 1.72. The van der Waals surface area contributed by atoms with Gasteiger partial charge in [-0.05, 0) is 26.0 Å². The van der Waals surface area contributed by atoms with Gasteiger partial charge in [0, 0.05) is 31.1 Å². The van der Waals surface area contributed by atoms with E-state index in [-0.39, 0.29) is 6.04 Å². The lowest BCUT2D eigenvalue weighted by Crippen LogP contribution is -2.40. The standard InChI is InChI=1S/C12H21ClN2OS/c1-9(2)15(6-7-16-3)10(8-14)11-4-5-12(13)17-11/h4-5,9-10H,6-8,14H2,1-3H3. The van der Waals surface area contributed by atoms with Crippen LogP contribution < -0.4 is 5.73 Å². The van der Waals surface area contributed by atoms with Crippen molar-refractivity contribution in [3.8, 4) is 0 Å². The summed E-state index contributed by atoms with van der Waals surface area (Å²) >= 11 is 7.59. The minimum absolute atomic E-state index is 0.225. The molecule has 0 fully saturated rings. The number of ether oxygens (including phenoxy) is 1. The summed E-state index contributed by atoms with van der Waals surface area (Å²) in [5.41, 5.74) is 5.91. The van der Waals surface area contributed by atoms with Crippen molar-refractivity contribution in [2.75, 3.05) is 26.8 Å². The maximum absolute atomic E-state index is 5.98. The van der Waals surface area contributed by atoms with Crippen molar-refractivity contribution < 1.29 is 4.74 Å². The van der Waals surface area contributed by atoms with Gasteiger partial charge in [-0.1, -0.05) is 11.6 Å². The zero-order valence-electron chi connectivity index (χ0n) is 10.6. The van der Waals surface area contributed by atoms with Gasteiger partial charge >= 0.3 is 0 Å². The van der Waals surface area contributed by atoms with Gasteiger partial charge in [0.25, 0.3) is 0 Å². The number of rotatable bonds is 7. The van der Waals surface area contributed by atoms with Crippen LogP contribution in [0.4, 0.5) is 0 Å². The fourth-order valence-electron chi connectivity index (χ4n) is 1.89. The van der Waals surface area contributed by atoms with E-state index < -0.39 is 0 Å². The van der Waals surface area contributed by atoms with Crippen LogP contribution in [0, 0.1) is 0 Å². The minimum Gasteiger partial charge on any atom is -0.383 e. The fourth-order valence-corrected chi connectivity index (χ4v) is 3.09. The molecule has 98 valence electrons. The molecule has 0 saturated heterocycles. The highest BCUT2D eigenvalue weighted by Crippen LogP contribution is 2.30. The van der Waals surface area contributed by atoms with Gasteiger partial charge in [0.2, 0.25) is 0 Å². The normalized spacial score (nSPS) is 13.6. The maximum atomic E-state index is 5.98. The SMILES string of the molecule is COCCN(C(C)C)C(CN)c1ccc(Cl)s1. The number of nitrogens with two attached hydrogens (primary N) is 1. The van der Waals surface area contributed by atoms with Gasteiger partial charge in [0.1, 0.15) is 0 Å². The average Bonchev–Trinajstić information content (AvgIpc) is 2.70. The van der Waals surface area contributed by atoms with Gasteiger partial charge in [-0.3, -0.25) is 4.90 Å². The number of thiophene rings is 1. The van der Waals surface area contributed by atoms with E-state index in [4.69, 9.17) is 22.1 Å². The molecule has 0 saturated carbocycles. The molecule has 0 amide bonds. The Morgan fingerprint density at radius 3 is 2.59 bits per heavy atom. The molecule has 2 N–H and O–H groups in total. The quantitative estimate of drug-likeness (QED) is 0.832. The predicted molar refractivity (Wildman–Crippen MR) is 74.8 cm³/mol. The van der Waals surface area contributed by atoms with Crippen molar-refractivity contribution in [3.05, 3.63) is 21.3 Å². The lowest BCUT2D eigenvalue weighted by molar-refractivity contribution is 0.0992. The van der Waals surface area contributed by atoms with Gasteiger partial charge < -0.3 is 10.5 Å². The second-order valence-electron chi connectivity index (χ2n) is 4.22. The Kier molecular flexibility index (Phi) is 6.44. The molecular weight excluding hydrogens is 256 g/mol. The third-order valence-corrected chi connectivity index (χ3v) is 4.10. The van der Waals surface area contributed by atoms with Crippen LogP contribution in [0.1, 0.15) is 24.8 Å². The molecule has 1 heterocycles.